The van der Waals surface area contributed by atoms with Gasteiger partial charge in [0.1, 0.15) is 0 Å². The molecule has 68 valence electrons. The molecule has 1 saturated carbocycles. The summed E-state index contributed by atoms with van der Waals surface area (Å²) in [6.45, 7) is 1.51. The smallest absolute Gasteiger partial charge is 0.0725 e. The van der Waals surface area contributed by atoms with Gasteiger partial charge in [-0.25, -0.2) is 0 Å². The normalized spacial score (nSPS) is 20.3. The molecule has 0 bridgehead atoms. The van der Waals surface area contributed by atoms with Gasteiger partial charge in [-0.3, -0.25) is 0 Å². The zero-order valence-electron chi connectivity index (χ0n) is 7.55. The Balaban J connectivity index is 2.10. The number of nitrogen functional groups attached to an aromatic ring is 1. The fourth-order valence-corrected chi connectivity index (χ4v) is 2.02. The third kappa shape index (κ3) is 1.13. The van der Waals surface area contributed by atoms with E-state index in [0.717, 1.165) is 24.8 Å². The number of anilines is 1. The van der Waals surface area contributed by atoms with E-state index in [-0.39, 0.29) is 0 Å². The Morgan fingerprint density at radius 3 is 2.54 bits per heavy atom. The number of rotatable bonds is 1. The van der Waals surface area contributed by atoms with Crippen LogP contribution in [0.2, 0.25) is 0 Å². The number of benzene rings is 1. The molecule has 1 aromatic rings. The lowest BCUT2D eigenvalue weighted by atomic mass is 10.0. The summed E-state index contributed by atoms with van der Waals surface area (Å²) in [5.41, 5.74) is 10.9. The minimum Gasteiger partial charge on any atom is -0.398 e. The van der Waals surface area contributed by atoms with Crippen LogP contribution in [-0.2, 0) is 18.0 Å². The second kappa shape index (κ2) is 2.48. The molecule has 2 heteroatoms. The molecule has 0 atom stereocenters. The maximum atomic E-state index is 5.98. The highest BCUT2D eigenvalue weighted by Gasteiger charge is 2.27. The molecule has 13 heavy (non-hydrogen) atoms. The monoisotopic (exact) mass is 175 g/mol. The van der Waals surface area contributed by atoms with Gasteiger partial charge < -0.3 is 10.5 Å². The van der Waals surface area contributed by atoms with Crippen LogP contribution in [-0.4, -0.2) is 0 Å². The molecule has 0 radical (unpaired) electrons. The quantitative estimate of drug-likeness (QED) is 0.664. The number of hydrogen-bond acceptors (Lipinski definition) is 2. The van der Waals surface area contributed by atoms with Crippen LogP contribution in [0, 0.1) is 0 Å². The van der Waals surface area contributed by atoms with Crippen LogP contribution in [0.1, 0.15) is 35.4 Å². The zero-order valence-corrected chi connectivity index (χ0v) is 7.55. The first-order chi connectivity index (χ1) is 6.34. The first kappa shape index (κ1) is 7.39. The molecule has 1 heterocycles. The van der Waals surface area contributed by atoms with E-state index in [1.807, 2.05) is 0 Å². The van der Waals surface area contributed by atoms with Gasteiger partial charge in [0, 0.05) is 5.69 Å². The highest BCUT2D eigenvalue weighted by atomic mass is 16.5. The van der Waals surface area contributed by atoms with E-state index in [0.29, 0.717) is 0 Å². The van der Waals surface area contributed by atoms with Crippen molar-refractivity contribution in [1.82, 2.24) is 0 Å². The minimum absolute atomic E-state index is 0.741. The van der Waals surface area contributed by atoms with Crippen LogP contribution < -0.4 is 5.73 Å². The van der Waals surface area contributed by atoms with Crippen molar-refractivity contribution in [2.24, 2.45) is 0 Å². The average Bonchev–Trinajstić information content (AvgIpc) is 2.85. The summed E-state index contributed by atoms with van der Waals surface area (Å²) < 4.78 is 5.37. The molecule has 3 rings (SSSR count). The van der Waals surface area contributed by atoms with Crippen LogP contribution in [0.4, 0.5) is 5.69 Å². The van der Waals surface area contributed by atoms with E-state index in [1.54, 1.807) is 0 Å². The van der Waals surface area contributed by atoms with E-state index < -0.39 is 0 Å². The Hall–Kier alpha value is -1.02. The van der Waals surface area contributed by atoms with Gasteiger partial charge in [0.15, 0.2) is 0 Å². The summed E-state index contributed by atoms with van der Waals surface area (Å²) in [5, 5.41) is 0. The first-order valence-corrected chi connectivity index (χ1v) is 4.83. The predicted molar refractivity (Wildman–Crippen MR) is 51.3 cm³/mol. The van der Waals surface area contributed by atoms with Gasteiger partial charge >= 0.3 is 0 Å². The molecule has 2 nitrogen and oxygen atoms in total. The van der Waals surface area contributed by atoms with Gasteiger partial charge in [0.2, 0.25) is 0 Å². The lowest BCUT2D eigenvalue weighted by Gasteiger charge is -2.06. The summed E-state index contributed by atoms with van der Waals surface area (Å²) in [6.07, 6.45) is 2.62. The van der Waals surface area contributed by atoms with Crippen molar-refractivity contribution >= 4 is 5.69 Å². The first-order valence-electron chi connectivity index (χ1n) is 4.83. The second-order valence-electron chi connectivity index (χ2n) is 4.02. The van der Waals surface area contributed by atoms with E-state index >= 15 is 0 Å². The molecule has 0 amide bonds. The third-order valence-electron chi connectivity index (χ3n) is 2.94. The van der Waals surface area contributed by atoms with E-state index in [1.165, 1.54) is 29.5 Å². The molecular formula is C11H13NO. The van der Waals surface area contributed by atoms with Crippen molar-refractivity contribution in [3.05, 3.63) is 28.8 Å². The van der Waals surface area contributed by atoms with Crippen molar-refractivity contribution in [1.29, 1.82) is 0 Å². The van der Waals surface area contributed by atoms with Crippen molar-refractivity contribution < 1.29 is 4.74 Å². The van der Waals surface area contributed by atoms with Crippen molar-refractivity contribution in [2.45, 2.75) is 32.0 Å². The minimum atomic E-state index is 0.741. The summed E-state index contributed by atoms with van der Waals surface area (Å²) in [7, 11) is 0. The van der Waals surface area contributed by atoms with Gasteiger partial charge in [-0.2, -0.15) is 0 Å². The Bertz CT molecular complexity index is 355. The summed E-state index contributed by atoms with van der Waals surface area (Å²) in [4.78, 5) is 0. The Morgan fingerprint density at radius 1 is 1.15 bits per heavy atom. The van der Waals surface area contributed by atoms with E-state index in [4.69, 9.17) is 10.5 Å². The molecule has 1 aliphatic carbocycles. The third-order valence-corrected chi connectivity index (χ3v) is 2.94. The predicted octanol–water partition coefficient (Wildman–Crippen LogP) is 2.18. The molecule has 1 aromatic carbocycles. The summed E-state index contributed by atoms with van der Waals surface area (Å²) >= 11 is 0. The van der Waals surface area contributed by atoms with Gasteiger partial charge in [-0.05, 0) is 41.5 Å². The number of hydrogen-bond donors (Lipinski definition) is 1. The molecule has 0 saturated heterocycles. The molecule has 2 aliphatic rings. The highest BCUT2D eigenvalue weighted by molar-refractivity contribution is 5.55. The Kier molecular flexibility index (Phi) is 1.41. The average molecular weight is 175 g/mol. The van der Waals surface area contributed by atoms with E-state index in [9.17, 15) is 0 Å². The zero-order chi connectivity index (χ0) is 8.84. The Labute approximate surface area is 77.7 Å². The van der Waals surface area contributed by atoms with Crippen molar-refractivity contribution in [3.8, 4) is 0 Å². The standard InChI is InChI=1S/C11H13NO/c12-11-4-9-6-13-5-8(9)3-10(11)7-1-2-7/h3-4,7H,1-2,5-6,12H2. The van der Waals surface area contributed by atoms with Crippen LogP contribution >= 0.6 is 0 Å². The summed E-state index contributed by atoms with van der Waals surface area (Å²) in [5.74, 6) is 0.742. The summed E-state index contributed by atoms with van der Waals surface area (Å²) in [6, 6.07) is 4.34. The van der Waals surface area contributed by atoms with Crippen molar-refractivity contribution in [3.63, 3.8) is 0 Å². The number of fused-ring (bicyclic) bond motifs is 1. The fraction of sp³-hybridized carbons (Fsp3) is 0.455. The number of ether oxygens (including phenoxy) is 1. The van der Waals surface area contributed by atoms with Crippen LogP contribution in [0.5, 0.6) is 0 Å². The topological polar surface area (TPSA) is 35.2 Å². The maximum absolute atomic E-state index is 5.98. The largest absolute Gasteiger partial charge is 0.398 e. The van der Waals surface area contributed by atoms with Gasteiger partial charge in [0.25, 0.3) is 0 Å². The van der Waals surface area contributed by atoms with Gasteiger partial charge in [-0.15, -0.1) is 0 Å². The second-order valence-corrected chi connectivity index (χ2v) is 4.02. The van der Waals surface area contributed by atoms with Crippen molar-refractivity contribution in [2.75, 3.05) is 5.73 Å². The lowest BCUT2D eigenvalue weighted by Crippen LogP contribution is -1.95. The lowest BCUT2D eigenvalue weighted by molar-refractivity contribution is 0.134. The van der Waals surface area contributed by atoms with Crippen LogP contribution in [0.25, 0.3) is 0 Å². The van der Waals surface area contributed by atoms with E-state index in [2.05, 4.69) is 12.1 Å². The molecular weight excluding hydrogens is 162 g/mol. The maximum Gasteiger partial charge on any atom is 0.0725 e. The number of nitrogens with two attached hydrogens (primary N) is 1. The van der Waals surface area contributed by atoms with Crippen LogP contribution in [0.3, 0.4) is 0 Å². The molecule has 0 spiro atoms. The highest BCUT2D eigenvalue weighted by Crippen LogP contribution is 2.44. The molecule has 0 aromatic heterocycles. The SMILES string of the molecule is Nc1cc2c(cc1C1CC1)COC2. The molecule has 0 unspecified atom stereocenters. The Morgan fingerprint density at radius 2 is 1.85 bits per heavy atom. The fourth-order valence-electron chi connectivity index (χ4n) is 2.02. The molecule has 2 N–H and O–H groups in total. The molecule has 1 fully saturated rings. The van der Waals surface area contributed by atoms with Crippen LogP contribution in [0.15, 0.2) is 12.1 Å². The van der Waals surface area contributed by atoms with Gasteiger partial charge in [0.05, 0.1) is 13.2 Å². The molecule has 1 aliphatic heterocycles. The van der Waals surface area contributed by atoms with Gasteiger partial charge in [-0.1, -0.05) is 6.07 Å².